The molecule has 0 saturated carbocycles. The summed E-state index contributed by atoms with van der Waals surface area (Å²) in [6.07, 6.45) is 3.98. The molecule has 0 saturated heterocycles. The van der Waals surface area contributed by atoms with Crippen LogP contribution in [0.5, 0.6) is 0 Å². The molecule has 0 rings (SSSR count). The van der Waals surface area contributed by atoms with Crippen LogP contribution in [0.15, 0.2) is 0 Å². The van der Waals surface area contributed by atoms with E-state index in [1.54, 1.807) is 0 Å². The zero-order chi connectivity index (χ0) is 11.7. The van der Waals surface area contributed by atoms with Gasteiger partial charge in [0.05, 0.1) is 6.07 Å². The second-order valence-electron chi connectivity index (χ2n) is 4.38. The third kappa shape index (κ3) is 5.76. The molecular weight excluding hydrogens is 186 g/mol. The average molecular weight is 211 g/mol. The summed E-state index contributed by atoms with van der Waals surface area (Å²) in [5, 5.41) is 12.6. The first-order valence-corrected chi connectivity index (χ1v) is 5.91. The molecule has 1 unspecified atom stereocenters. The predicted molar refractivity (Wildman–Crippen MR) is 64.7 cm³/mol. The molecule has 1 atom stereocenters. The Kier molecular flexibility index (Phi) is 7.37. The van der Waals surface area contributed by atoms with E-state index in [0.717, 1.165) is 38.8 Å². The van der Waals surface area contributed by atoms with Crippen LogP contribution >= 0.6 is 0 Å². The van der Waals surface area contributed by atoms with Crippen LogP contribution < -0.4 is 5.32 Å². The standard InChI is InChI=1S/C12H25N3/c1-5-9-14-12(6-2,11-13)8-7-10-15(3)4/h14H,5-10H2,1-4H3. The molecule has 0 fully saturated rings. The van der Waals surface area contributed by atoms with E-state index in [9.17, 15) is 5.26 Å². The molecule has 0 heterocycles. The van der Waals surface area contributed by atoms with Gasteiger partial charge in [-0.15, -0.1) is 0 Å². The van der Waals surface area contributed by atoms with E-state index >= 15 is 0 Å². The van der Waals surface area contributed by atoms with Crippen molar-refractivity contribution in [2.75, 3.05) is 27.2 Å². The van der Waals surface area contributed by atoms with E-state index in [0.29, 0.717) is 0 Å². The third-order valence-corrected chi connectivity index (χ3v) is 2.74. The highest BCUT2D eigenvalue weighted by Crippen LogP contribution is 2.16. The zero-order valence-corrected chi connectivity index (χ0v) is 10.6. The summed E-state index contributed by atoms with van der Waals surface area (Å²) in [6.45, 7) is 6.20. The van der Waals surface area contributed by atoms with Gasteiger partial charge in [0.1, 0.15) is 5.54 Å². The first-order chi connectivity index (χ1) is 7.10. The SMILES string of the molecule is CCCNC(C#N)(CC)CCCN(C)C. The van der Waals surface area contributed by atoms with Crippen molar-refractivity contribution < 1.29 is 0 Å². The minimum atomic E-state index is -0.300. The van der Waals surface area contributed by atoms with E-state index in [2.05, 4.69) is 44.2 Å². The lowest BCUT2D eigenvalue weighted by molar-refractivity contribution is 0.326. The van der Waals surface area contributed by atoms with Gasteiger partial charge in [0.2, 0.25) is 0 Å². The van der Waals surface area contributed by atoms with Crippen LogP contribution in [0.2, 0.25) is 0 Å². The maximum atomic E-state index is 9.24. The maximum Gasteiger partial charge on any atom is 0.106 e. The number of nitrogens with one attached hydrogen (secondary N) is 1. The Labute approximate surface area is 94.5 Å². The van der Waals surface area contributed by atoms with Crippen molar-refractivity contribution in [3.05, 3.63) is 0 Å². The number of hydrogen-bond acceptors (Lipinski definition) is 3. The van der Waals surface area contributed by atoms with Crippen molar-refractivity contribution in [2.24, 2.45) is 0 Å². The van der Waals surface area contributed by atoms with Crippen molar-refractivity contribution in [1.29, 1.82) is 5.26 Å². The fraction of sp³-hybridized carbons (Fsp3) is 0.917. The van der Waals surface area contributed by atoms with Crippen molar-refractivity contribution in [3.63, 3.8) is 0 Å². The van der Waals surface area contributed by atoms with Crippen molar-refractivity contribution in [1.82, 2.24) is 10.2 Å². The summed E-state index contributed by atoms with van der Waals surface area (Å²) in [5.74, 6) is 0. The molecule has 0 radical (unpaired) electrons. The molecule has 88 valence electrons. The Morgan fingerprint density at radius 3 is 2.40 bits per heavy atom. The smallest absolute Gasteiger partial charge is 0.106 e. The largest absolute Gasteiger partial charge is 0.309 e. The van der Waals surface area contributed by atoms with E-state index in [1.807, 2.05) is 0 Å². The maximum absolute atomic E-state index is 9.24. The molecule has 0 aliphatic heterocycles. The second-order valence-corrected chi connectivity index (χ2v) is 4.38. The summed E-state index contributed by atoms with van der Waals surface area (Å²) in [7, 11) is 4.14. The number of hydrogen-bond donors (Lipinski definition) is 1. The van der Waals surface area contributed by atoms with Gasteiger partial charge >= 0.3 is 0 Å². The quantitative estimate of drug-likeness (QED) is 0.667. The molecule has 3 nitrogen and oxygen atoms in total. The highest BCUT2D eigenvalue weighted by Gasteiger charge is 2.25. The molecule has 15 heavy (non-hydrogen) atoms. The average Bonchev–Trinajstić information content (AvgIpc) is 2.23. The van der Waals surface area contributed by atoms with Crippen LogP contribution in [0.3, 0.4) is 0 Å². The van der Waals surface area contributed by atoms with Crippen molar-refractivity contribution in [3.8, 4) is 6.07 Å². The highest BCUT2D eigenvalue weighted by atomic mass is 15.0. The predicted octanol–water partition coefficient (Wildman–Crippen LogP) is 2.00. The number of rotatable bonds is 8. The van der Waals surface area contributed by atoms with Crippen LogP contribution in [-0.4, -0.2) is 37.6 Å². The van der Waals surface area contributed by atoms with Gasteiger partial charge in [-0.25, -0.2) is 0 Å². The molecule has 0 bridgehead atoms. The summed E-state index contributed by atoms with van der Waals surface area (Å²) < 4.78 is 0. The minimum Gasteiger partial charge on any atom is -0.309 e. The summed E-state index contributed by atoms with van der Waals surface area (Å²) >= 11 is 0. The van der Waals surface area contributed by atoms with Crippen LogP contribution in [-0.2, 0) is 0 Å². The van der Waals surface area contributed by atoms with Crippen LogP contribution in [0.25, 0.3) is 0 Å². The molecular formula is C12H25N3. The number of nitrogens with zero attached hydrogens (tertiary/aromatic N) is 2. The summed E-state index contributed by atoms with van der Waals surface area (Å²) in [5.41, 5.74) is -0.300. The summed E-state index contributed by atoms with van der Waals surface area (Å²) in [6, 6.07) is 2.44. The topological polar surface area (TPSA) is 39.1 Å². The first-order valence-electron chi connectivity index (χ1n) is 5.91. The monoisotopic (exact) mass is 211 g/mol. The van der Waals surface area contributed by atoms with E-state index < -0.39 is 0 Å². The molecule has 0 aromatic rings. The molecule has 0 aromatic carbocycles. The molecule has 0 amide bonds. The van der Waals surface area contributed by atoms with E-state index in [-0.39, 0.29) is 5.54 Å². The van der Waals surface area contributed by atoms with Gasteiger partial charge in [-0.3, -0.25) is 5.32 Å². The van der Waals surface area contributed by atoms with Crippen molar-refractivity contribution in [2.45, 2.75) is 45.1 Å². The molecule has 0 aliphatic carbocycles. The first kappa shape index (κ1) is 14.4. The molecule has 3 heteroatoms. The lowest BCUT2D eigenvalue weighted by Gasteiger charge is -2.27. The molecule has 0 aromatic heterocycles. The van der Waals surface area contributed by atoms with Crippen LogP contribution in [0, 0.1) is 11.3 Å². The fourth-order valence-corrected chi connectivity index (χ4v) is 1.63. The van der Waals surface area contributed by atoms with Gasteiger partial charge < -0.3 is 4.90 Å². The minimum absolute atomic E-state index is 0.300. The van der Waals surface area contributed by atoms with Crippen LogP contribution in [0.1, 0.15) is 39.5 Å². The van der Waals surface area contributed by atoms with Gasteiger partial charge in [-0.2, -0.15) is 5.26 Å². The number of nitriles is 1. The second kappa shape index (κ2) is 7.67. The normalized spacial score (nSPS) is 14.9. The van der Waals surface area contributed by atoms with E-state index in [1.165, 1.54) is 0 Å². The molecule has 1 N–H and O–H groups in total. The summed E-state index contributed by atoms with van der Waals surface area (Å²) in [4.78, 5) is 2.16. The zero-order valence-electron chi connectivity index (χ0n) is 10.6. The van der Waals surface area contributed by atoms with Gasteiger partial charge in [0, 0.05) is 0 Å². The Hall–Kier alpha value is -0.590. The Bertz CT molecular complexity index is 196. The molecule has 0 aliphatic rings. The van der Waals surface area contributed by atoms with E-state index in [4.69, 9.17) is 0 Å². The van der Waals surface area contributed by atoms with Crippen molar-refractivity contribution >= 4 is 0 Å². The lowest BCUT2D eigenvalue weighted by Crippen LogP contribution is -2.44. The van der Waals surface area contributed by atoms with Gasteiger partial charge in [0.25, 0.3) is 0 Å². The van der Waals surface area contributed by atoms with Crippen LogP contribution in [0.4, 0.5) is 0 Å². The lowest BCUT2D eigenvalue weighted by atomic mass is 9.91. The van der Waals surface area contributed by atoms with Gasteiger partial charge in [-0.1, -0.05) is 13.8 Å². The van der Waals surface area contributed by atoms with Gasteiger partial charge in [0.15, 0.2) is 0 Å². The van der Waals surface area contributed by atoms with Gasteiger partial charge in [-0.05, 0) is 52.9 Å². The Morgan fingerprint density at radius 2 is 2.00 bits per heavy atom. The molecule has 0 spiro atoms. The fourth-order valence-electron chi connectivity index (χ4n) is 1.63. The third-order valence-electron chi connectivity index (χ3n) is 2.74. The Balaban J connectivity index is 4.07. The highest BCUT2D eigenvalue weighted by molar-refractivity contribution is 5.06. The Morgan fingerprint density at radius 1 is 1.33 bits per heavy atom.